The Labute approximate surface area is 118 Å². The van der Waals surface area contributed by atoms with Crippen LogP contribution in [0.5, 0.6) is 0 Å². The molecule has 1 nitrogen and oxygen atoms in total. The lowest BCUT2D eigenvalue weighted by atomic mass is 9.80. The van der Waals surface area contributed by atoms with Crippen LogP contribution < -0.4 is 5.19 Å². The zero-order valence-electron chi connectivity index (χ0n) is 12.6. The highest BCUT2D eigenvalue weighted by molar-refractivity contribution is 6.89. The Kier molecular flexibility index (Phi) is 3.14. The third kappa shape index (κ3) is 2.00. The lowest BCUT2D eigenvalue weighted by molar-refractivity contribution is 0.0646. The molecule has 1 aromatic rings. The van der Waals surface area contributed by atoms with E-state index in [2.05, 4.69) is 58.0 Å². The van der Waals surface area contributed by atoms with Crippen LogP contribution in [0.1, 0.15) is 40.5 Å². The maximum atomic E-state index is 6.87. The van der Waals surface area contributed by atoms with Crippen molar-refractivity contribution in [2.45, 2.75) is 58.2 Å². The van der Waals surface area contributed by atoms with Crippen molar-refractivity contribution in [1.29, 1.82) is 0 Å². The fourth-order valence-corrected chi connectivity index (χ4v) is 10.2. The van der Waals surface area contributed by atoms with Gasteiger partial charge >= 0.3 is 0 Å². The van der Waals surface area contributed by atoms with E-state index in [1.54, 1.807) is 0 Å². The molecule has 0 aromatic heterocycles. The average molecular weight is 274 g/mol. The first-order valence-corrected chi connectivity index (χ1v) is 9.88. The fourth-order valence-electron chi connectivity index (χ4n) is 4.49. The van der Waals surface area contributed by atoms with E-state index >= 15 is 0 Å². The molecule has 0 amide bonds. The molecule has 2 saturated heterocycles. The fraction of sp³-hybridized carbons (Fsp3) is 0.647. The molecule has 104 valence electrons. The van der Waals surface area contributed by atoms with E-state index in [0.717, 1.165) is 11.5 Å². The number of rotatable bonds is 1. The minimum Gasteiger partial charge on any atom is -0.408 e. The van der Waals surface area contributed by atoms with E-state index in [9.17, 15) is 0 Å². The van der Waals surface area contributed by atoms with Crippen LogP contribution in [0, 0.1) is 11.3 Å². The third-order valence-electron chi connectivity index (χ3n) is 5.23. The predicted octanol–water partition coefficient (Wildman–Crippen LogP) is 4.08. The number of hydrogen-bond donors (Lipinski definition) is 0. The molecule has 0 bridgehead atoms. The molecule has 1 aromatic carbocycles. The molecule has 0 unspecified atom stereocenters. The van der Waals surface area contributed by atoms with Gasteiger partial charge in [0.05, 0.1) is 6.10 Å². The van der Waals surface area contributed by atoms with Gasteiger partial charge in [-0.15, -0.1) is 0 Å². The Morgan fingerprint density at radius 3 is 2.47 bits per heavy atom. The highest BCUT2D eigenvalue weighted by Gasteiger charge is 2.60. The molecule has 0 spiro atoms. The number of hydrogen-bond acceptors (Lipinski definition) is 1. The van der Waals surface area contributed by atoms with Crippen LogP contribution in [0.4, 0.5) is 0 Å². The molecule has 2 fully saturated rings. The summed E-state index contributed by atoms with van der Waals surface area (Å²) >= 11 is 0. The monoisotopic (exact) mass is 274 g/mol. The van der Waals surface area contributed by atoms with Crippen LogP contribution >= 0.6 is 0 Å². The van der Waals surface area contributed by atoms with Crippen LogP contribution in [-0.4, -0.2) is 14.4 Å². The van der Waals surface area contributed by atoms with Gasteiger partial charge in [-0.2, -0.15) is 0 Å². The van der Waals surface area contributed by atoms with Crippen LogP contribution in [0.2, 0.25) is 11.6 Å². The summed E-state index contributed by atoms with van der Waals surface area (Å²) in [4.78, 5) is 0. The van der Waals surface area contributed by atoms with Gasteiger partial charge in [0.15, 0.2) is 0 Å². The van der Waals surface area contributed by atoms with Crippen molar-refractivity contribution in [3.05, 3.63) is 30.3 Å². The van der Waals surface area contributed by atoms with Gasteiger partial charge in [-0.25, -0.2) is 0 Å². The van der Waals surface area contributed by atoms with Gasteiger partial charge in [0.2, 0.25) is 8.32 Å². The summed E-state index contributed by atoms with van der Waals surface area (Å²) in [6.07, 6.45) is 3.19. The van der Waals surface area contributed by atoms with E-state index in [0.29, 0.717) is 6.10 Å². The van der Waals surface area contributed by atoms with Gasteiger partial charge in [-0.05, 0) is 28.1 Å². The summed E-state index contributed by atoms with van der Waals surface area (Å²) in [5, 5.41) is 1.54. The third-order valence-corrected chi connectivity index (χ3v) is 10.3. The van der Waals surface area contributed by atoms with Crippen molar-refractivity contribution in [2.75, 3.05) is 0 Å². The summed E-state index contributed by atoms with van der Waals surface area (Å²) in [6.45, 7) is 9.44. The molecule has 2 aliphatic rings. The quantitative estimate of drug-likeness (QED) is 0.701. The van der Waals surface area contributed by atoms with E-state index in [1.165, 1.54) is 24.1 Å². The van der Waals surface area contributed by atoms with E-state index in [1.807, 2.05) is 0 Å². The second kappa shape index (κ2) is 4.46. The van der Waals surface area contributed by atoms with Crippen LogP contribution in [-0.2, 0) is 4.43 Å². The number of benzene rings is 1. The highest BCUT2D eigenvalue weighted by Crippen LogP contribution is 2.55. The van der Waals surface area contributed by atoms with Crippen molar-refractivity contribution >= 4 is 13.5 Å². The van der Waals surface area contributed by atoms with Crippen molar-refractivity contribution in [3.8, 4) is 0 Å². The first-order chi connectivity index (χ1) is 8.95. The van der Waals surface area contributed by atoms with Crippen LogP contribution in [0.3, 0.4) is 0 Å². The minimum atomic E-state index is -1.71. The summed E-state index contributed by atoms with van der Waals surface area (Å²) in [5.74, 6) is 0.717. The van der Waals surface area contributed by atoms with Crippen LogP contribution in [0.15, 0.2) is 30.3 Å². The van der Waals surface area contributed by atoms with Gasteiger partial charge < -0.3 is 4.43 Å². The SMILES string of the molecule is C[C@H]1[C@H](C(C)(C)C)O[Si@]2(c3ccccc3)CCC[C@H]12. The second-order valence-electron chi connectivity index (χ2n) is 7.52. The normalized spacial score (nSPS) is 38.4. The lowest BCUT2D eigenvalue weighted by Crippen LogP contribution is -2.49. The maximum absolute atomic E-state index is 6.87. The summed E-state index contributed by atoms with van der Waals surface area (Å²) < 4.78 is 6.87. The maximum Gasteiger partial charge on any atom is 0.228 e. The molecule has 0 N–H and O–H groups in total. The molecule has 2 heterocycles. The molecule has 0 radical (unpaired) electrons. The molecular formula is C17H26OSi. The van der Waals surface area contributed by atoms with E-state index < -0.39 is 8.32 Å². The molecule has 19 heavy (non-hydrogen) atoms. The molecule has 2 heteroatoms. The van der Waals surface area contributed by atoms with Gasteiger partial charge in [-0.1, -0.05) is 70.9 Å². The standard InChI is InChI=1S/C17H26OSi/c1-13-15-11-8-12-19(15,14-9-6-5-7-10-14)18-16(13)17(2,3)4/h5-7,9-10,13,15-16H,8,11-12H2,1-4H3/t13-,15-,16-,19+/m1/s1. The lowest BCUT2D eigenvalue weighted by Gasteiger charge is -2.33. The number of fused-ring (bicyclic) bond motifs is 1. The molecule has 2 aliphatic heterocycles. The molecule has 0 saturated carbocycles. The average Bonchev–Trinajstić information content (AvgIpc) is 2.90. The van der Waals surface area contributed by atoms with Crippen molar-refractivity contribution < 1.29 is 4.43 Å². The Bertz CT molecular complexity index is 450. The zero-order chi connectivity index (χ0) is 13.7. The van der Waals surface area contributed by atoms with Gasteiger partial charge in [-0.3, -0.25) is 0 Å². The zero-order valence-corrected chi connectivity index (χ0v) is 13.6. The Morgan fingerprint density at radius 1 is 1.16 bits per heavy atom. The second-order valence-corrected chi connectivity index (χ2v) is 11.4. The highest BCUT2D eigenvalue weighted by atomic mass is 28.4. The van der Waals surface area contributed by atoms with Gasteiger partial charge in [0, 0.05) is 0 Å². The predicted molar refractivity (Wildman–Crippen MR) is 83.1 cm³/mol. The van der Waals surface area contributed by atoms with E-state index in [-0.39, 0.29) is 5.41 Å². The van der Waals surface area contributed by atoms with Crippen molar-refractivity contribution in [3.63, 3.8) is 0 Å². The first kappa shape index (κ1) is 13.4. The van der Waals surface area contributed by atoms with Crippen LogP contribution in [0.25, 0.3) is 0 Å². The smallest absolute Gasteiger partial charge is 0.228 e. The Morgan fingerprint density at radius 2 is 1.84 bits per heavy atom. The topological polar surface area (TPSA) is 9.23 Å². The largest absolute Gasteiger partial charge is 0.408 e. The molecule has 0 aliphatic carbocycles. The molecular weight excluding hydrogens is 248 g/mol. The molecule has 4 atom stereocenters. The Hall–Kier alpha value is -0.603. The van der Waals surface area contributed by atoms with Gasteiger partial charge in [0.1, 0.15) is 0 Å². The van der Waals surface area contributed by atoms with E-state index in [4.69, 9.17) is 4.43 Å². The summed E-state index contributed by atoms with van der Waals surface area (Å²) in [5.41, 5.74) is 1.09. The molecule has 3 rings (SSSR count). The summed E-state index contributed by atoms with van der Waals surface area (Å²) in [6, 6.07) is 12.5. The van der Waals surface area contributed by atoms with Gasteiger partial charge in [0.25, 0.3) is 0 Å². The Balaban J connectivity index is 2.01. The van der Waals surface area contributed by atoms with Crippen molar-refractivity contribution in [1.82, 2.24) is 0 Å². The first-order valence-electron chi connectivity index (χ1n) is 7.68. The summed E-state index contributed by atoms with van der Waals surface area (Å²) in [7, 11) is -1.71. The van der Waals surface area contributed by atoms with Crippen molar-refractivity contribution in [2.24, 2.45) is 11.3 Å². The minimum absolute atomic E-state index is 0.262.